The molecule has 1 unspecified atom stereocenters. The Balaban J connectivity index is 2.25. The van der Waals surface area contributed by atoms with Gasteiger partial charge in [-0.05, 0) is 0 Å². The van der Waals surface area contributed by atoms with Gasteiger partial charge in [0.25, 0.3) is 0 Å². The second-order valence-corrected chi connectivity index (χ2v) is 14.6. The van der Waals surface area contributed by atoms with E-state index in [1.807, 2.05) is 12.1 Å². The van der Waals surface area contributed by atoms with Crippen molar-refractivity contribution in [1.29, 1.82) is 0 Å². The molecule has 3 rings (SSSR count). The van der Waals surface area contributed by atoms with E-state index in [0.29, 0.717) is 3.93 Å². The minimum atomic E-state index is -1.72. The van der Waals surface area contributed by atoms with Crippen LogP contribution in [0, 0.1) is 0 Å². The molecule has 2 amide bonds. The van der Waals surface area contributed by atoms with E-state index in [4.69, 9.17) is 0 Å². The third-order valence-electron chi connectivity index (χ3n) is 4.52. The quantitative estimate of drug-likeness (QED) is 0.698. The fourth-order valence-corrected chi connectivity index (χ4v) is 8.77. The Hall–Kier alpha value is -1.82. The summed E-state index contributed by atoms with van der Waals surface area (Å²) >= 11 is -1.72. The van der Waals surface area contributed by atoms with E-state index < -0.39 is 19.8 Å². The van der Waals surface area contributed by atoms with Crippen LogP contribution in [0.15, 0.2) is 47.6 Å². The number of benzene rings is 1. The summed E-state index contributed by atoms with van der Waals surface area (Å²) in [6, 6.07) is 6.06. The van der Waals surface area contributed by atoms with E-state index in [1.54, 1.807) is 0 Å². The number of carbonyl (C=O) groups is 2. The van der Waals surface area contributed by atoms with Gasteiger partial charge in [-0.2, -0.15) is 0 Å². The number of rotatable bonds is 4. The Labute approximate surface area is 155 Å². The minimum absolute atomic E-state index is 0.0827. The van der Waals surface area contributed by atoms with Gasteiger partial charge < -0.3 is 0 Å². The molecule has 129 valence electrons. The molecule has 1 aromatic carbocycles. The van der Waals surface area contributed by atoms with Crippen molar-refractivity contribution in [3.63, 3.8) is 0 Å². The second-order valence-electron chi connectivity index (χ2n) is 6.76. The summed E-state index contributed by atoms with van der Waals surface area (Å²) in [7, 11) is 0. The fraction of sp³-hybridized carbons (Fsp3) is 0.300. The molecule has 0 spiro atoms. The summed E-state index contributed by atoms with van der Waals surface area (Å²) in [6.07, 6.45) is 7.28. The SMILES string of the molecule is CC(=O)NC1=C(C2=CC=CC2)[CH]([Sn]([CH3])[CH3])c2cccc(NC(C)=O)c21. The first-order chi connectivity index (χ1) is 11.9. The molecular formula is C20H23N2O2Sn. The summed E-state index contributed by atoms with van der Waals surface area (Å²) in [5.74, 6) is -0.185. The van der Waals surface area contributed by atoms with Gasteiger partial charge in [-0.3, -0.25) is 0 Å². The van der Waals surface area contributed by atoms with Gasteiger partial charge in [0.05, 0.1) is 0 Å². The molecule has 2 aliphatic rings. The van der Waals surface area contributed by atoms with Crippen LogP contribution >= 0.6 is 0 Å². The van der Waals surface area contributed by atoms with Gasteiger partial charge in [0.15, 0.2) is 0 Å². The van der Waals surface area contributed by atoms with Crippen LogP contribution in [0.5, 0.6) is 0 Å². The van der Waals surface area contributed by atoms with Crippen molar-refractivity contribution in [1.82, 2.24) is 5.32 Å². The maximum absolute atomic E-state index is 11.9. The van der Waals surface area contributed by atoms with E-state index >= 15 is 0 Å². The zero-order valence-corrected chi connectivity index (χ0v) is 17.9. The van der Waals surface area contributed by atoms with Crippen molar-refractivity contribution < 1.29 is 9.59 Å². The maximum atomic E-state index is 11.9. The number of nitrogens with one attached hydrogen (secondary N) is 2. The molecule has 0 aliphatic heterocycles. The number of allylic oxidation sites excluding steroid dienone is 5. The molecule has 0 saturated heterocycles. The molecule has 2 aliphatic carbocycles. The van der Waals surface area contributed by atoms with Crippen LogP contribution in [-0.2, 0) is 9.59 Å². The standard InChI is InChI=1S/C18H17N2O2.2CH3.Sn/c1-11(21)19-16-9-5-8-14-10-15(13-6-3-4-7-13)18(17(14)16)20-12(2)22;;;/h3-6,8-10H,7H2,1-2H3,(H,19,21)(H,20,22);2*1H3;. The van der Waals surface area contributed by atoms with Crippen LogP contribution in [0.4, 0.5) is 5.69 Å². The van der Waals surface area contributed by atoms with Crippen LogP contribution in [0.25, 0.3) is 5.70 Å². The molecule has 5 heteroatoms. The van der Waals surface area contributed by atoms with E-state index in [9.17, 15) is 9.59 Å². The molecule has 0 saturated carbocycles. The molecule has 0 aromatic heterocycles. The molecular weight excluding hydrogens is 419 g/mol. The number of anilines is 1. The van der Waals surface area contributed by atoms with E-state index in [1.165, 1.54) is 30.6 Å². The Bertz CT molecular complexity index is 834. The Morgan fingerprint density at radius 2 is 1.84 bits per heavy atom. The summed E-state index contributed by atoms with van der Waals surface area (Å²) in [5.41, 5.74) is 6.44. The second kappa shape index (κ2) is 7.20. The average molecular weight is 442 g/mol. The summed E-state index contributed by atoms with van der Waals surface area (Å²) in [4.78, 5) is 28.4. The van der Waals surface area contributed by atoms with Crippen LogP contribution in [-0.4, -0.2) is 31.6 Å². The van der Waals surface area contributed by atoms with Crippen LogP contribution in [0.3, 0.4) is 0 Å². The van der Waals surface area contributed by atoms with Gasteiger partial charge in [0.1, 0.15) is 0 Å². The first kappa shape index (κ1) is 18.0. The third-order valence-corrected chi connectivity index (χ3v) is 9.53. The number of fused-ring (bicyclic) bond motifs is 1. The van der Waals surface area contributed by atoms with Crippen LogP contribution in [0.1, 0.15) is 35.3 Å². The van der Waals surface area contributed by atoms with Crippen LogP contribution < -0.4 is 10.6 Å². The molecule has 2 N–H and O–H groups in total. The fourth-order valence-electron chi connectivity index (χ4n) is 3.72. The molecule has 25 heavy (non-hydrogen) atoms. The molecule has 1 aromatic rings. The van der Waals surface area contributed by atoms with E-state index in [-0.39, 0.29) is 11.8 Å². The molecule has 4 nitrogen and oxygen atoms in total. The molecule has 0 bridgehead atoms. The molecule has 0 heterocycles. The van der Waals surface area contributed by atoms with Gasteiger partial charge in [-0.15, -0.1) is 0 Å². The predicted molar refractivity (Wildman–Crippen MR) is 104 cm³/mol. The number of carbonyl (C=O) groups excluding carboxylic acids is 2. The summed E-state index contributed by atoms with van der Waals surface area (Å²) in [5, 5.41) is 6.02. The normalized spacial score (nSPS) is 18.4. The predicted octanol–water partition coefficient (Wildman–Crippen LogP) is 3.77. The van der Waals surface area contributed by atoms with E-state index in [2.05, 4.69) is 44.8 Å². The molecule has 1 radical (unpaired) electrons. The Kier molecular flexibility index (Phi) is 5.18. The van der Waals surface area contributed by atoms with Gasteiger partial charge in [-0.25, -0.2) is 0 Å². The number of hydrogen-bond donors (Lipinski definition) is 2. The first-order valence-corrected chi connectivity index (χ1v) is 15.8. The van der Waals surface area contributed by atoms with Gasteiger partial charge in [0.2, 0.25) is 0 Å². The van der Waals surface area contributed by atoms with Crippen molar-refractivity contribution in [2.24, 2.45) is 0 Å². The van der Waals surface area contributed by atoms with Crippen molar-refractivity contribution in [2.75, 3.05) is 5.32 Å². The summed E-state index contributed by atoms with van der Waals surface area (Å²) < 4.78 is 0.388. The van der Waals surface area contributed by atoms with Crippen molar-refractivity contribution in [3.05, 3.63) is 58.7 Å². The average Bonchev–Trinajstić information content (AvgIpc) is 3.12. The van der Waals surface area contributed by atoms with Crippen molar-refractivity contribution in [3.8, 4) is 0 Å². The van der Waals surface area contributed by atoms with E-state index in [0.717, 1.165) is 23.4 Å². The summed E-state index contributed by atoms with van der Waals surface area (Å²) in [6.45, 7) is 3.05. The van der Waals surface area contributed by atoms with Crippen molar-refractivity contribution in [2.45, 2.75) is 34.1 Å². The monoisotopic (exact) mass is 443 g/mol. The first-order valence-electron chi connectivity index (χ1n) is 8.49. The van der Waals surface area contributed by atoms with Crippen LogP contribution in [0.2, 0.25) is 9.88 Å². The molecule has 1 atom stereocenters. The van der Waals surface area contributed by atoms with Gasteiger partial charge >= 0.3 is 156 Å². The Morgan fingerprint density at radius 3 is 2.40 bits per heavy atom. The third kappa shape index (κ3) is 3.45. The zero-order valence-electron chi connectivity index (χ0n) is 15.1. The number of hydrogen-bond acceptors (Lipinski definition) is 2. The Morgan fingerprint density at radius 1 is 1.12 bits per heavy atom. The number of amides is 2. The molecule has 0 fully saturated rings. The van der Waals surface area contributed by atoms with Gasteiger partial charge in [0, 0.05) is 0 Å². The zero-order chi connectivity index (χ0) is 18.1. The topological polar surface area (TPSA) is 58.2 Å². The van der Waals surface area contributed by atoms with Crippen molar-refractivity contribution >= 4 is 43.0 Å². The van der Waals surface area contributed by atoms with Gasteiger partial charge in [-0.1, -0.05) is 0 Å².